The van der Waals surface area contributed by atoms with Crippen molar-refractivity contribution in [2.75, 3.05) is 6.44 Å². The molecule has 0 N–H and O–H groups in total. The van der Waals surface area contributed by atoms with E-state index in [0.29, 0.717) is 11.3 Å². The van der Waals surface area contributed by atoms with E-state index in [1.165, 1.54) is 0 Å². The first kappa shape index (κ1) is 8.59. The lowest BCUT2D eigenvalue weighted by Crippen LogP contribution is -2.43. The predicted molar refractivity (Wildman–Crippen MR) is 37.4 cm³/mol. The highest BCUT2D eigenvalue weighted by molar-refractivity contribution is 6.59. The fraction of sp³-hybridized carbons (Fsp3) is 0.667. The smallest absolute Gasteiger partial charge is 0.448 e. The van der Waals surface area contributed by atoms with Crippen molar-refractivity contribution in [3.8, 4) is 0 Å². The van der Waals surface area contributed by atoms with E-state index in [9.17, 15) is 22.5 Å². The average molecular weight is 192 g/mol. The summed E-state index contributed by atoms with van der Waals surface area (Å²) in [5.41, 5.74) is 0. The molecule has 2 amide bonds. The first-order chi connectivity index (χ1) is 5.90. The number of halogens is 3. The van der Waals surface area contributed by atoms with Gasteiger partial charge in [0.1, 0.15) is 0 Å². The van der Waals surface area contributed by atoms with E-state index in [-0.39, 0.29) is 0 Å². The molecule has 2 aliphatic rings. The molecule has 7 heteroatoms. The molecule has 0 aromatic rings. The second-order valence-corrected chi connectivity index (χ2v) is 3.45. The van der Waals surface area contributed by atoms with Crippen molar-refractivity contribution in [2.24, 2.45) is 11.8 Å². The molecule has 1 aliphatic carbocycles. The van der Waals surface area contributed by atoms with Crippen LogP contribution in [0, 0.1) is 11.8 Å². The number of carbonyl (C=O) groups is 2. The van der Waals surface area contributed by atoms with Crippen LogP contribution < -0.4 is 0 Å². The highest BCUT2D eigenvalue weighted by Crippen LogP contribution is 2.47. The summed E-state index contributed by atoms with van der Waals surface area (Å²) < 4.78 is 35.7. The van der Waals surface area contributed by atoms with Crippen molar-refractivity contribution in [3.05, 3.63) is 0 Å². The summed E-state index contributed by atoms with van der Waals surface area (Å²) >= 11 is 0. The van der Waals surface area contributed by atoms with Crippen molar-refractivity contribution in [3.63, 3.8) is 0 Å². The molecule has 1 aliphatic heterocycles. The molecule has 2 fully saturated rings. The molecular formula is C6H6BF3NO2-. The number of rotatable bonds is 2. The van der Waals surface area contributed by atoms with E-state index in [1.54, 1.807) is 0 Å². The van der Waals surface area contributed by atoms with Gasteiger partial charge in [0.2, 0.25) is 11.8 Å². The third-order valence-electron chi connectivity index (χ3n) is 2.35. The molecule has 72 valence electrons. The molecule has 13 heavy (non-hydrogen) atoms. The number of amides is 2. The van der Waals surface area contributed by atoms with Crippen LogP contribution in [0.2, 0.25) is 0 Å². The number of fused-ring (bicyclic) bond motifs is 1. The van der Waals surface area contributed by atoms with Crippen LogP contribution in [0.1, 0.15) is 6.42 Å². The Morgan fingerprint density at radius 3 is 2.08 bits per heavy atom. The largest absolute Gasteiger partial charge is 0.497 e. The average Bonchev–Trinajstić information content (AvgIpc) is 2.69. The summed E-state index contributed by atoms with van der Waals surface area (Å²) in [4.78, 5) is 22.4. The van der Waals surface area contributed by atoms with Gasteiger partial charge in [-0.1, -0.05) is 0 Å². The maximum Gasteiger partial charge on any atom is 0.497 e. The Morgan fingerprint density at radius 1 is 1.23 bits per heavy atom. The van der Waals surface area contributed by atoms with Gasteiger partial charge in [0, 0.05) is 0 Å². The zero-order valence-corrected chi connectivity index (χ0v) is 6.54. The van der Waals surface area contributed by atoms with Crippen LogP contribution in [0.4, 0.5) is 12.9 Å². The van der Waals surface area contributed by atoms with Gasteiger partial charge in [0.15, 0.2) is 0 Å². The molecule has 0 aromatic carbocycles. The summed E-state index contributed by atoms with van der Waals surface area (Å²) in [5.74, 6) is -2.17. The Hall–Kier alpha value is -1.01. The number of hydrogen-bond acceptors (Lipinski definition) is 2. The maximum atomic E-state index is 11.9. The first-order valence-electron chi connectivity index (χ1n) is 3.96. The lowest BCUT2D eigenvalue weighted by atomic mass is 9.91. The fourth-order valence-corrected chi connectivity index (χ4v) is 1.64. The Balaban J connectivity index is 2.09. The summed E-state index contributed by atoms with van der Waals surface area (Å²) in [6.07, 6.45) is -0.927. The zero-order chi connectivity index (χ0) is 9.80. The third-order valence-corrected chi connectivity index (χ3v) is 2.35. The Kier molecular flexibility index (Phi) is 1.50. The minimum absolute atomic E-state index is 0.346. The van der Waals surface area contributed by atoms with Crippen molar-refractivity contribution in [2.45, 2.75) is 6.42 Å². The number of imide groups is 1. The van der Waals surface area contributed by atoms with Crippen molar-refractivity contribution < 1.29 is 22.5 Å². The second kappa shape index (κ2) is 2.27. The van der Waals surface area contributed by atoms with Gasteiger partial charge in [-0.05, 0) is 12.9 Å². The molecule has 0 aromatic heterocycles. The molecule has 1 saturated carbocycles. The van der Waals surface area contributed by atoms with Crippen LogP contribution in [0.3, 0.4) is 0 Å². The molecule has 0 spiro atoms. The van der Waals surface area contributed by atoms with E-state index >= 15 is 0 Å². The van der Waals surface area contributed by atoms with E-state index < -0.39 is 37.1 Å². The quantitative estimate of drug-likeness (QED) is 0.468. The van der Waals surface area contributed by atoms with Crippen molar-refractivity contribution >= 4 is 18.8 Å². The summed E-state index contributed by atoms with van der Waals surface area (Å²) in [6, 6.07) is 0. The zero-order valence-electron chi connectivity index (χ0n) is 6.54. The van der Waals surface area contributed by atoms with Gasteiger partial charge in [-0.15, -0.1) is 0 Å². The van der Waals surface area contributed by atoms with Crippen molar-refractivity contribution in [1.82, 2.24) is 4.90 Å². The fourth-order valence-electron chi connectivity index (χ4n) is 1.64. The van der Waals surface area contributed by atoms with Crippen LogP contribution in [0.5, 0.6) is 0 Å². The van der Waals surface area contributed by atoms with Crippen LogP contribution in [0.25, 0.3) is 0 Å². The van der Waals surface area contributed by atoms with Gasteiger partial charge >= 0.3 is 6.98 Å². The summed E-state index contributed by atoms with van der Waals surface area (Å²) in [5, 5.41) is 0. The van der Waals surface area contributed by atoms with E-state index in [1.807, 2.05) is 0 Å². The molecule has 1 heterocycles. The first-order valence-corrected chi connectivity index (χ1v) is 3.96. The Morgan fingerprint density at radius 2 is 1.69 bits per heavy atom. The number of nitrogens with zero attached hydrogens (tertiary/aromatic N) is 1. The van der Waals surface area contributed by atoms with Gasteiger partial charge in [0.05, 0.1) is 11.8 Å². The SMILES string of the molecule is O=C1C2CC2C(=O)N1C[B-](F)(F)F. The highest BCUT2D eigenvalue weighted by Gasteiger charge is 2.59. The van der Waals surface area contributed by atoms with Gasteiger partial charge in [-0.25, -0.2) is 0 Å². The molecule has 2 unspecified atom stereocenters. The third kappa shape index (κ3) is 1.32. The number of piperidine rings is 1. The predicted octanol–water partition coefficient (Wildman–Crippen LogP) is 0.378. The van der Waals surface area contributed by atoms with Crippen molar-refractivity contribution in [1.29, 1.82) is 0 Å². The lowest BCUT2D eigenvalue weighted by Gasteiger charge is -2.23. The minimum atomic E-state index is -5.09. The molecule has 2 atom stereocenters. The van der Waals surface area contributed by atoms with Gasteiger partial charge in [-0.3, -0.25) is 9.59 Å². The van der Waals surface area contributed by atoms with Gasteiger partial charge in [-0.2, -0.15) is 0 Å². The number of hydrogen-bond donors (Lipinski definition) is 0. The van der Waals surface area contributed by atoms with E-state index in [0.717, 1.165) is 0 Å². The monoisotopic (exact) mass is 192 g/mol. The van der Waals surface area contributed by atoms with E-state index in [2.05, 4.69) is 0 Å². The molecular weight excluding hydrogens is 186 g/mol. The standard InChI is InChI=1S/C6H6BF3NO2/c8-7(9,10)2-11-5(12)3-1-4(3)6(11)13/h3-4H,1-2H2/q-1. The summed E-state index contributed by atoms with van der Waals surface area (Å²) in [7, 11) is 0. The minimum Gasteiger partial charge on any atom is -0.448 e. The van der Waals surface area contributed by atoms with Gasteiger partial charge in [0.25, 0.3) is 0 Å². The topological polar surface area (TPSA) is 37.4 Å². The highest BCUT2D eigenvalue weighted by atomic mass is 19.4. The normalized spacial score (nSPS) is 32.4. The molecule has 0 bridgehead atoms. The summed E-state index contributed by atoms with van der Waals surface area (Å²) in [6.45, 7) is -5.09. The van der Waals surface area contributed by atoms with Gasteiger partial charge < -0.3 is 17.8 Å². The molecule has 0 radical (unpaired) electrons. The Labute approximate surface area is 71.9 Å². The second-order valence-electron chi connectivity index (χ2n) is 3.45. The van der Waals surface area contributed by atoms with Crippen LogP contribution in [-0.4, -0.2) is 30.1 Å². The number of carbonyl (C=O) groups excluding carboxylic acids is 2. The molecule has 2 rings (SSSR count). The maximum absolute atomic E-state index is 11.9. The van der Waals surface area contributed by atoms with Crippen LogP contribution in [-0.2, 0) is 9.59 Å². The number of likely N-dealkylation sites (tertiary alicyclic amines) is 1. The van der Waals surface area contributed by atoms with Crippen LogP contribution >= 0.6 is 0 Å². The molecule has 3 nitrogen and oxygen atoms in total. The van der Waals surface area contributed by atoms with Crippen LogP contribution in [0.15, 0.2) is 0 Å². The molecule has 1 saturated heterocycles. The Bertz CT molecular complexity index is 270. The lowest BCUT2D eigenvalue weighted by molar-refractivity contribution is -0.140. The van der Waals surface area contributed by atoms with E-state index in [4.69, 9.17) is 0 Å².